The molecule has 0 aliphatic carbocycles. The van der Waals surface area contributed by atoms with Gasteiger partial charge in [-0.25, -0.2) is 8.78 Å². The molecule has 1 unspecified atom stereocenters. The summed E-state index contributed by atoms with van der Waals surface area (Å²) in [5.74, 6) is -1.09. The van der Waals surface area contributed by atoms with Gasteiger partial charge >= 0.3 is 0 Å². The topological polar surface area (TPSA) is 12.0 Å². The number of hydrogen-bond acceptors (Lipinski definition) is 1. The molecule has 0 bridgehead atoms. The lowest BCUT2D eigenvalue weighted by atomic mass is 9.94. The van der Waals surface area contributed by atoms with Crippen molar-refractivity contribution in [2.24, 2.45) is 0 Å². The molecule has 0 saturated heterocycles. The first-order chi connectivity index (χ1) is 9.52. The monoisotopic (exact) mass is 339 g/mol. The molecular formula is C16H16BrF2N. The molecule has 0 aliphatic heterocycles. The standard InChI is InChI=1S/C16H16BrF2N/c1-3-20-16(13-7-6-12(18)9-15(13)19)14-8-11(17)5-4-10(14)2/h4-9,16,20H,3H2,1-2H3. The van der Waals surface area contributed by atoms with Crippen LogP contribution in [-0.4, -0.2) is 6.54 Å². The SMILES string of the molecule is CCNC(c1cc(Br)ccc1C)c1ccc(F)cc1F. The van der Waals surface area contributed by atoms with E-state index in [0.29, 0.717) is 12.1 Å². The molecule has 0 aliphatic rings. The van der Waals surface area contributed by atoms with Gasteiger partial charge in [0.2, 0.25) is 0 Å². The van der Waals surface area contributed by atoms with Crippen molar-refractivity contribution < 1.29 is 8.78 Å². The predicted molar refractivity (Wildman–Crippen MR) is 80.8 cm³/mol. The van der Waals surface area contributed by atoms with Gasteiger partial charge in [-0.3, -0.25) is 0 Å². The summed E-state index contributed by atoms with van der Waals surface area (Å²) in [5.41, 5.74) is 2.49. The van der Waals surface area contributed by atoms with Gasteiger partial charge in [-0.2, -0.15) is 0 Å². The number of halogens is 3. The van der Waals surface area contributed by atoms with Crippen molar-refractivity contribution in [2.75, 3.05) is 6.54 Å². The van der Waals surface area contributed by atoms with Crippen LogP contribution >= 0.6 is 15.9 Å². The highest BCUT2D eigenvalue weighted by molar-refractivity contribution is 9.10. The lowest BCUT2D eigenvalue weighted by Gasteiger charge is -2.22. The highest BCUT2D eigenvalue weighted by Gasteiger charge is 2.19. The lowest BCUT2D eigenvalue weighted by molar-refractivity contribution is 0.540. The summed E-state index contributed by atoms with van der Waals surface area (Å²) in [7, 11) is 0. The van der Waals surface area contributed by atoms with Crippen LogP contribution < -0.4 is 5.32 Å². The summed E-state index contributed by atoms with van der Waals surface area (Å²) >= 11 is 3.44. The Kier molecular flexibility index (Phi) is 4.89. The second kappa shape index (κ2) is 6.46. The third-order valence-electron chi connectivity index (χ3n) is 3.23. The van der Waals surface area contributed by atoms with E-state index in [4.69, 9.17) is 0 Å². The number of hydrogen-bond donors (Lipinski definition) is 1. The van der Waals surface area contributed by atoms with Gasteiger partial charge in [-0.15, -0.1) is 0 Å². The summed E-state index contributed by atoms with van der Waals surface area (Å²) in [5, 5.41) is 3.26. The van der Waals surface area contributed by atoms with Gasteiger partial charge in [0.15, 0.2) is 0 Å². The fourth-order valence-electron chi connectivity index (χ4n) is 2.25. The van der Waals surface area contributed by atoms with E-state index in [1.807, 2.05) is 32.0 Å². The van der Waals surface area contributed by atoms with Gasteiger partial charge in [0.25, 0.3) is 0 Å². The van der Waals surface area contributed by atoms with Gasteiger partial charge in [0.05, 0.1) is 6.04 Å². The second-order valence-electron chi connectivity index (χ2n) is 4.66. The number of benzene rings is 2. The zero-order valence-corrected chi connectivity index (χ0v) is 13.0. The molecular weight excluding hydrogens is 324 g/mol. The average molecular weight is 340 g/mol. The third kappa shape index (κ3) is 3.25. The summed E-state index contributed by atoms with van der Waals surface area (Å²) < 4.78 is 28.1. The van der Waals surface area contributed by atoms with Crippen molar-refractivity contribution in [3.8, 4) is 0 Å². The molecule has 2 aromatic carbocycles. The Hall–Kier alpha value is -1.26. The normalized spacial score (nSPS) is 12.4. The molecule has 1 N–H and O–H groups in total. The summed E-state index contributed by atoms with van der Waals surface area (Å²) in [6.45, 7) is 4.63. The van der Waals surface area contributed by atoms with Crippen LogP contribution in [0.5, 0.6) is 0 Å². The molecule has 20 heavy (non-hydrogen) atoms. The second-order valence-corrected chi connectivity index (χ2v) is 5.57. The van der Waals surface area contributed by atoms with E-state index < -0.39 is 11.6 Å². The van der Waals surface area contributed by atoms with Crippen molar-refractivity contribution in [3.05, 3.63) is 69.2 Å². The van der Waals surface area contributed by atoms with E-state index >= 15 is 0 Å². The molecule has 0 radical (unpaired) electrons. The molecule has 2 rings (SSSR count). The van der Waals surface area contributed by atoms with Gasteiger partial charge in [0.1, 0.15) is 11.6 Å². The van der Waals surface area contributed by atoms with E-state index in [-0.39, 0.29) is 6.04 Å². The Bertz CT molecular complexity index is 613. The predicted octanol–water partition coefficient (Wildman–Crippen LogP) is 4.73. The number of rotatable bonds is 4. The van der Waals surface area contributed by atoms with Crippen molar-refractivity contribution >= 4 is 15.9 Å². The fraction of sp³-hybridized carbons (Fsp3) is 0.250. The Labute approximate surface area is 126 Å². The van der Waals surface area contributed by atoms with Crippen LogP contribution in [0.15, 0.2) is 40.9 Å². The zero-order chi connectivity index (χ0) is 14.7. The minimum atomic E-state index is -0.563. The molecule has 4 heteroatoms. The van der Waals surface area contributed by atoms with Crippen molar-refractivity contribution in [2.45, 2.75) is 19.9 Å². The third-order valence-corrected chi connectivity index (χ3v) is 3.73. The molecule has 1 atom stereocenters. The summed E-state index contributed by atoms with van der Waals surface area (Å²) in [4.78, 5) is 0. The number of aryl methyl sites for hydroxylation is 1. The minimum Gasteiger partial charge on any atom is -0.306 e. The van der Waals surface area contributed by atoms with Crippen LogP contribution in [0.3, 0.4) is 0 Å². The van der Waals surface area contributed by atoms with Crippen molar-refractivity contribution in [3.63, 3.8) is 0 Å². The van der Waals surface area contributed by atoms with Crippen molar-refractivity contribution in [1.29, 1.82) is 0 Å². The number of nitrogens with one attached hydrogen (secondary N) is 1. The highest BCUT2D eigenvalue weighted by atomic mass is 79.9. The molecule has 0 fully saturated rings. The van der Waals surface area contributed by atoms with E-state index in [9.17, 15) is 8.78 Å². The molecule has 0 saturated carbocycles. The Morgan fingerprint density at radius 2 is 1.85 bits per heavy atom. The maximum absolute atomic E-state index is 14.1. The Morgan fingerprint density at radius 3 is 2.50 bits per heavy atom. The van der Waals surface area contributed by atoms with Gasteiger partial charge < -0.3 is 5.32 Å². The summed E-state index contributed by atoms with van der Waals surface area (Å²) in [6.07, 6.45) is 0. The van der Waals surface area contributed by atoms with Crippen LogP contribution in [0.4, 0.5) is 8.78 Å². The molecule has 1 nitrogen and oxygen atoms in total. The first-order valence-corrected chi connectivity index (χ1v) is 7.26. The maximum Gasteiger partial charge on any atom is 0.131 e. The van der Waals surface area contributed by atoms with Crippen LogP contribution in [0.1, 0.15) is 29.7 Å². The smallest absolute Gasteiger partial charge is 0.131 e. The van der Waals surface area contributed by atoms with Crippen LogP contribution in [-0.2, 0) is 0 Å². The van der Waals surface area contributed by atoms with Crippen LogP contribution in [0.25, 0.3) is 0 Å². The molecule has 0 amide bonds. The Morgan fingerprint density at radius 1 is 1.10 bits per heavy atom. The maximum atomic E-state index is 14.1. The van der Waals surface area contributed by atoms with Gasteiger partial charge in [-0.1, -0.05) is 35.0 Å². The van der Waals surface area contributed by atoms with Crippen LogP contribution in [0, 0.1) is 18.6 Å². The first-order valence-electron chi connectivity index (χ1n) is 6.47. The highest BCUT2D eigenvalue weighted by Crippen LogP contribution is 2.29. The Balaban J connectivity index is 2.53. The molecule has 2 aromatic rings. The largest absolute Gasteiger partial charge is 0.306 e. The molecule has 0 heterocycles. The first kappa shape index (κ1) is 15.1. The fourth-order valence-corrected chi connectivity index (χ4v) is 2.63. The van der Waals surface area contributed by atoms with Crippen LogP contribution in [0.2, 0.25) is 0 Å². The minimum absolute atomic E-state index is 0.293. The molecule has 106 valence electrons. The average Bonchev–Trinajstić information content (AvgIpc) is 2.40. The van der Waals surface area contributed by atoms with Crippen molar-refractivity contribution in [1.82, 2.24) is 5.32 Å². The van der Waals surface area contributed by atoms with E-state index in [0.717, 1.165) is 21.7 Å². The molecule has 0 aromatic heterocycles. The summed E-state index contributed by atoms with van der Waals surface area (Å²) in [6, 6.07) is 9.30. The van der Waals surface area contributed by atoms with E-state index in [2.05, 4.69) is 21.2 Å². The van der Waals surface area contributed by atoms with Gasteiger partial charge in [0, 0.05) is 16.1 Å². The zero-order valence-electron chi connectivity index (χ0n) is 11.4. The van der Waals surface area contributed by atoms with E-state index in [1.54, 1.807) is 0 Å². The van der Waals surface area contributed by atoms with E-state index in [1.165, 1.54) is 12.1 Å². The lowest BCUT2D eigenvalue weighted by Crippen LogP contribution is -2.23. The quantitative estimate of drug-likeness (QED) is 0.848. The molecule has 0 spiro atoms. The van der Waals surface area contributed by atoms with Gasteiger partial charge in [-0.05, 0) is 42.8 Å².